The fraction of sp³-hybridized carbons (Fsp3) is 0.261. The van der Waals surface area contributed by atoms with Gasteiger partial charge in [0.2, 0.25) is 0 Å². The highest BCUT2D eigenvalue weighted by atomic mass is 35.5. The van der Waals surface area contributed by atoms with E-state index in [0.29, 0.717) is 22.3 Å². The Bertz CT molecular complexity index is 1090. The van der Waals surface area contributed by atoms with Gasteiger partial charge >= 0.3 is 5.97 Å². The number of nitrogens with zero attached hydrogens (tertiary/aromatic N) is 2. The smallest absolute Gasteiger partial charge is 0.326 e. The van der Waals surface area contributed by atoms with Gasteiger partial charge in [0.1, 0.15) is 17.5 Å². The molecule has 1 atom stereocenters. The summed E-state index contributed by atoms with van der Waals surface area (Å²) in [7, 11) is 0. The third-order valence-corrected chi connectivity index (χ3v) is 6.32. The number of aromatic hydroxyl groups is 1. The van der Waals surface area contributed by atoms with Crippen LogP contribution in [0.15, 0.2) is 59.9 Å². The van der Waals surface area contributed by atoms with Gasteiger partial charge in [0, 0.05) is 17.2 Å². The summed E-state index contributed by atoms with van der Waals surface area (Å²) in [5.41, 5.74) is 1.78. The summed E-state index contributed by atoms with van der Waals surface area (Å²) in [5.74, 6) is -0.757. The number of imidazole rings is 1. The van der Waals surface area contributed by atoms with E-state index in [1.807, 2.05) is 18.2 Å². The van der Waals surface area contributed by atoms with E-state index in [1.165, 1.54) is 30.1 Å². The zero-order valence-corrected chi connectivity index (χ0v) is 19.1. The summed E-state index contributed by atoms with van der Waals surface area (Å²) in [5, 5.41) is 22.9. The highest BCUT2D eigenvalue weighted by molar-refractivity contribution is 7.99. The molecule has 0 aliphatic heterocycles. The second kappa shape index (κ2) is 11.1. The molecule has 3 rings (SSSR count). The van der Waals surface area contributed by atoms with Gasteiger partial charge in [0.05, 0.1) is 12.7 Å². The molecule has 0 unspecified atom stereocenters. The highest BCUT2D eigenvalue weighted by Gasteiger charge is 2.24. The predicted octanol–water partition coefficient (Wildman–Crippen LogP) is 4.22. The molecular weight excluding hydrogens is 450 g/mol. The number of carboxylic acids is 1. The first-order chi connectivity index (χ1) is 15.4. The number of thioether (sulfide) groups is 1. The van der Waals surface area contributed by atoms with Crippen LogP contribution in [0.4, 0.5) is 0 Å². The fourth-order valence-corrected chi connectivity index (χ4v) is 4.13. The van der Waals surface area contributed by atoms with Crippen molar-refractivity contribution in [3.05, 3.63) is 76.6 Å². The molecule has 2 aromatic carbocycles. The Labute approximate surface area is 195 Å². The van der Waals surface area contributed by atoms with Crippen molar-refractivity contribution in [1.82, 2.24) is 14.9 Å². The Kier molecular flexibility index (Phi) is 8.19. The Morgan fingerprint density at radius 3 is 2.56 bits per heavy atom. The number of phenols is 1. The summed E-state index contributed by atoms with van der Waals surface area (Å²) in [4.78, 5) is 29.3. The van der Waals surface area contributed by atoms with Gasteiger partial charge in [0.25, 0.3) is 5.91 Å². The topological polar surface area (TPSA) is 104 Å². The zero-order valence-electron chi connectivity index (χ0n) is 17.5. The van der Waals surface area contributed by atoms with Gasteiger partial charge in [-0.05, 0) is 35.7 Å². The average molecular weight is 474 g/mol. The van der Waals surface area contributed by atoms with Crippen molar-refractivity contribution in [1.29, 1.82) is 0 Å². The maximum atomic E-state index is 13.1. The minimum atomic E-state index is -1.15. The SMILES string of the molecule is CCCSc1ncc(C(=O)N[C@@H](Cc2ccc(O)cc2)C(=O)O)n1Cc1ccccc1Cl. The van der Waals surface area contributed by atoms with E-state index in [4.69, 9.17) is 11.6 Å². The van der Waals surface area contributed by atoms with E-state index in [2.05, 4.69) is 17.2 Å². The molecule has 0 bridgehead atoms. The maximum absolute atomic E-state index is 13.1. The van der Waals surface area contributed by atoms with Gasteiger partial charge < -0.3 is 20.1 Å². The number of phenolic OH excluding ortho intramolecular Hbond substituents is 1. The average Bonchev–Trinajstić information content (AvgIpc) is 3.17. The molecule has 32 heavy (non-hydrogen) atoms. The third kappa shape index (κ3) is 6.05. The number of carboxylic acid groups (broad SMARTS) is 1. The standard InChI is InChI=1S/C23H24ClN3O4S/c1-2-11-32-23-25-13-20(27(23)14-16-5-3-4-6-18(16)24)21(29)26-19(22(30)31)12-15-7-9-17(28)10-8-15/h3-10,13,19,28H,2,11-12,14H2,1H3,(H,26,29)(H,30,31)/t19-/m0/s1. The molecule has 0 fully saturated rings. The van der Waals surface area contributed by atoms with E-state index < -0.39 is 17.9 Å². The lowest BCUT2D eigenvalue weighted by Crippen LogP contribution is -2.43. The molecule has 0 saturated heterocycles. The maximum Gasteiger partial charge on any atom is 0.326 e. The molecule has 0 spiro atoms. The number of aliphatic carboxylic acids is 1. The molecule has 168 valence electrons. The zero-order chi connectivity index (χ0) is 23.1. The van der Waals surface area contributed by atoms with Crippen LogP contribution in [-0.4, -0.2) is 43.4 Å². The molecule has 0 radical (unpaired) electrons. The predicted molar refractivity (Wildman–Crippen MR) is 124 cm³/mol. The van der Waals surface area contributed by atoms with Crippen molar-refractivity contribution < 1.29 is 19.8 Å². The minimum absolute atomic E-state index is 0.0808. The fourth-order valence-electron chi connectivity index (χ4n) is 3.10. The highest BCUT2D eigenvalue weighted by Crippen LogP contribution is 2.24. The first-order valence-electron chi connectivity index (χ1n) is 10.1. The van der Waals surface area contributed by atoms with Crippen LogP contribution in [0.5, 0.6) is 5.75 Å². The van der Waals surface area contributed by atoms with E-state index in [1.54, 1.807) is 22.8 Å². The van der Waals surface area contributed by atoms with Gasteiger partial charge in [-0.1, -0.05) is 60.6 Å². The number of carbonyl (C=O) groups is 2. The number of halogens is 1. The van der Waals surface area contributed by atoms with Crippen LogP contribution in [0.2, 0.25) is 5.02 Å². The lowest BCUT2D eigenvalue weighted by molar-refractivity contribution is -0.139. The third-order valence-electron chi connectivity index (χ3n) is 4.75. The van der Waals surface area contributed by atoms with E-state index in [9.17, 15) is 19.8 Å². The van der Waals surface area contributed by atoms with Crippen molar-refractivity contribution in [2.45, 2.75) is 37.5 Å². The monoisotopic (exact) mass is 473 g/mol. The Balaban J connectivity index is 1.85. The van der Waals surface area contributed by atoms with E-state index >= 15 is 0 Å². The van der Waals surface area contributed by atoms with Crippen LogP contribution in [0.3, 0.4) is 0 Å². The van der Waals surface area contributed by atoms with Crippen LogP contribution in [0.25, 0.3) is 0 Å². The molecule has 1 aromatic heterocycles. The Hall–Kier alpha value is -2.97. The van der Waals surface area contributed by atoms with Gasteiger partial charge in [-0.25, -0.2) is 9.78 Å². The van der Waals surface area contributed by atoms with Gasteiger partial charge in [-0.2, -0.15) is 0 Å². The number of benzene rings is 2. The van der Waals surface area contributed by atoms with Crippen molar-refractivity contribution in [2.75, 3.05) is 5.75 Å². The largest absolute Gasteiger partial charge is 0.508 e. The molecular formula is C23H24ClN3O4S. The van der Waals surface area contributed by atoms with Crippen LogP contribution in [0.1, 0.15) is 35.0 Å². The summed E-state index contributed by atoms with van der Waals surface area (Å²) in [6, 6.07) is 12.4. The van der Waals surface area contributed by atoms with E-state index in [0.717, 1.165) is 17.7 Å². The number of rotatable bonds is 10. The lowest BCUT2D eigenvalue weighted by atomic mass is 10.1. The van der Waals surface area contributed by atoms with Gasteiger partial charge in [-0.15, -0.1) is 0 Å². The van der Waals surface area contributed by atoms with Crippen LogP contribution in [0, 0.1) is 0 Å². The second-order valence-electron chi connectivity index (χ2n) is 7.19. The van der Waals surface area contributed by atoms with Gasteiger partial charge in [-0.3, -0.25) is 4.79 Å². The lowest BCUT2D eigenvalue weighted by Gasteiger charge is -2.17. The molecule has 1 amide bonds. The second-order valence-corrected chi connectivity index (χ2v) is 8.66. The normalized spacial score (nSPS) is 11.8. The molecule has 3 aromatic rings. The number of hydrogen-bond donors (Lipinski definition) is 3. The number of nitrogens with one attached hydrogen (secondary N) is 1. The van der Waals surface area contributed by atoms with Crippen LogP contribution < -0.4 is 5.32 Å². The number of aromatic nitrogens is 2. The Morgan fingerprint density at radius 2 is 1.91 bits per heavy atom. The van der Waals surface area contributed by atoms with Crippen LogP contribution in [-0.2, 0) is 17.8 Å². The summed E-state index contributed by atoms with van der Waals surface area (Å²) in [6.45, 7) is 2.40. The first-order valence-corrected chi connectivity index (χ1v) is 11.5. The molecule has 3 N–H and O–H groups in total. The van der Waals surface area contributed by atoms with Gasteiger partial charge in [0.15, 0.2) is 5.16 Å². The number of hydrogen-bond acceptors (Lipinski definition) is 5. The number of carbonyl (C=O) groups excluding carboxylic acids is 1. The molecule has 0 saturated carbocycles. The molecule has 0 aliphatic rings. The first kappa shape index (κ1) is 23.7. The summed E-state index contributed by atoms with van der Waals surface area (Å²) in [6.07, 6.45) is 2.49. The number of amides is 1. The van der Waals surface area contributed by atoms with Crippen molar-refractivity contribution in [3.8, 4) is 5.75 Å². The summed E-state index contributed by atoms with van der Waals surface area (Å²) < 4.78 is 1.76. The van der Waals surface area contributed by atoms with E-state index in [-0.39, 0.29) is 17.9 Å². The van der Waals surface area contributed by atoms with Crippen molar-refractivity contribution >= 4 is 35.2 Å². The summed E-state index contributed by atoms with van der Waals surface area (Å²) >= 11 is 7.85. The Morgan fingerprint density at radius 1 is 1.19 bits per heavy atom. The van der Waals surface area contributed by atoms with Crippen molar-refractivity contribution in [2.24, 2.45) is 0 Å². The molecule has 9 heteroatoms. The molecule has 0 aliphatic carbocycles. The molecule has 1 heterocycles. The quantitative estimate of drug-likeness (QED) is 0.381. The van der Waals surface area contributed by atoms with Crippen LogP contribution >= 0.6 is 23.4 Å². The van der Waals surface area contributed by atoms with Crippen molar-refractivity contribution in [3.63, 3.8) is 0 Å². The minimum Gasteiger partial charge on any atom is -0.508 e. The molecule has 7 nitrogen and oxygen atoms in total.